The number of nitrogens with zero attached hydrogens (tertiary/aromatic N) is 4. The molecule has 2 saturated heterocycles. The van der Waals surface area contributed by atoms with E-state index in [9.17, 15) is 18.0 Å². The first-order valence-electron chi connectivity index (χ1n) is 8.83. The number of aliphatic carboxylic acids is 1. The van der Waals surface area contributed by atoms with Gasteiger partial charge >= 0.3 is 12.1 Å². The van der Waals surface area contributed by atoms with Crippen LogP contribution in [0.1, 0.15) is 32.4 Å². The lowest BCUT2D eigenvalue weighted by Crippen LogP contribution is -2.57. The van der Waals surface area contributed by atoms with Crippen LogP contribution in [0.4, 0.5) is 13.2 Å². The Kier molecular flexibility index (Phi) is 6.50. The molecule has 152 valence electrons. The molecule has 2 aliphatic rings. The van der Waals surface area contributed by atoms with Crippen molar-refractivity contribution in [1.29, 1.82) is 0 Å². The topological polar surface area (TPSA) is 78.7 Å². The first-order chi connectivity index (χ1) is 12.5. The number of carboxylic acids is 1. The summed E-state index contributed by atoms with van der Waals surface area (Å²) in [6, 6.07) is 3.63. The van der Waals surface area contributed by atoms with Gasteiger partial charge in [0.25, 0.3) is 0 Å². The summed E-state index contributed by atoms with van der Waals surface area (Å²) in [5.41, 5.74) is 0.871. The molecule has 2 bridgehead atoms. The SMILES string of the molecule is CC(C)N1C2CCC1CN(C(=O)Cc1ccn(C)n1)C2.O=C(O)C(F)(F)F. The molecule has 27 heavy (non-hydrogen) atoms. The van der Waals surface area contributed by atoms with E-state index in [1.165, 1.54) is 12.8 Å². The van der Waals surface area contributed by atoms with Crippen molar-refractivity contribution in [3.05, 3.63) is 18.0 Å². The maximum Gasteiger partial charge on any atom is 0.490 e. The molecule has 0 saturated carbocycles. The normalized spacial score (nSPS) is 22.6. The van der Waals surface area contributed by atoms with Crippen molar-refractivity contribution in [2.75, 3.05) is 13.1 Å². The minimum atomic E-state index is -5.08. The minimum absolute atomic E-state index is 0.226. The quantitative estimate of drug-likeness (QED) is 0.850. The zero-order valence-corrected chi connectivity index (χ0v) is 15.6. The maximum atomic E-state index is 12.4. The summed E-state index contributed by atoms with van der Waals surface area (Å²) in [6.45, 7) is 6.30. The van der Waals surface area contributed by atoms with Gasteiger partial charge in [-0.15, -0.1) is 0 Å². The first kappa shape index (κ1) is 21.2. The molecular weight excluding hydrogens is 365 g/mol. The van der Waals surface area contributed by atoms with Gasteiger partial charge in [-0.3, -0.25) is 14.4 Å². The van der Waals surface area contributed by atoms with Crippen molar-refractivity contribution in [3.63, 3.8) is 0 Å². The summed E-state index contributed by atoms with van der Waals surface area (Å²) in [5, 5.41) is 11.4. The molecular formula is C17H25F3N4O3. The molecule has 1 N–H and O–H groups in total. The standard InChI is InChI=1S/C15H24N4O.C2HF3O2/c1-11(2)19-13-4-5-14(19)10-18(9-13)15(20)8-12-6-7-17(3)16-12;3-2(4,5)1(6)7/h6-7,11,13-14H,4-5,8-10H2,1-3H3;(H,6,7). The molecule has 2 aliphatic heterocycles. The summed E-state index contributed by atoms with van der Waals surface area (Å²) in [4.78, 5) is 26.0. The molecule has 10 heteroatoms. The van der Waals surface area contributed by atoms with Crippen molar-refractivity contribution >= 4 is 11.9 Å². The van der Waals surface area contributed by atoms with Gasteiger partial charge in [-0.2, -0.15) is 18.3 Å². The number of likely N-dealkylation sites (tertiary alicyclic amines) is 1. The second kappa shape index (κ2) is 8.28. The third kappa shape index (κ3) is 5.44. The number of carboxylic acid groups (broad SMARTS) is 1. The lowest BCUT2D eigenvalue weighted by atomic mass is 10.1. The van der Waals surface area contributed by atoms with Gasteiger partial charge in [-0.25, -0.2) is 4.79 Å². The number of piperazine rings is 1. The summed E-state index contributed by atoms with van der Waals surface area (Å²) < 4.78 is 33.5. The number of aromatic nitrogens is 2. The molecule has 7 nitrogen and oxygen atoms in total. The van der Waals surface area contributed by atoms with Crippen LogP contribution in [0.3, 0.4) is 0 Å². The van der Waals surface area contributed by atoms with E-state index < -0.39 is 12.1 Å². The summed E-state index contributed by atoms with van der Waals surface area (Å²) >= 11 is 0. The Morgan fingerprint density at radius 1 is 1.26 bits per heavy atom. The Balaban J connectivity index is 0.000000321. The van der Waals surface area contributed by atoms with Gasteiger partial charge in [0.1, 0.15) is 0 Å². The van der Waals surface area contributed by atoms with Crippen LogP contribution in [-0.4, -0.2) is 74.0 Å². The molecule has 1 aromatic heterocycles. The van der Waals surface area contributed by atoms with Crippen molar-refractivity contribution in [2.24, 2.45) is 7.05 Å². The highest BCUT2D eigenvalue weighted by molar-refractivity contribution is 5.78. The molecule has 1 aromatic rings. The lowest BCUT2D eigenvalue weighted by Gasteiger charge is -2.43. The second-order valence-corrected chi connectivity index (χ2v) is 7.19. The van der Waals surface area contributed by atoms with Gasteiger partial charge in [0.15, 0.2) is 0 Å². The largest absolute Gasteiger partial charge is 0.490 e. The second-order valence-electron chi connectivity index (χ2n) is 7.19. The number of carbonyl (C=O) groups is 2. The number of halogens is 3. The minimum Gasteiger partial charge on any atom is -0.475 e. The molecule has 3 heterocycles. The van der Waals surface area contributed by atoms with Crippen molar-refractivity contribution < 1.29 is 27.9 Å². The van der Waals surface area contributed by atoms with Crippen LogP contribution in [0.2, 0.25) is 0 Å². The Morgan fingerprint density at radius 2 is 1.78 bits per heavy atom. The highest BCUT2D eigenvalue weighted by Crippen LogP contribution is 2.32. The molecule has 0 aliphatic carbocycles. The number of aryl methyl sites for hydroxylation is 1. The fourth-order valence-electron chi connectivity index (χ4n) is 3.81. The van der Waals surface area contributed by atoms with E-state index in [0.717, 1.165) is 18.8 Å². The zero-order valence-electron chi connectivity index (χ0n) is 15.6. The van der Waals surface area contributed by atoms with Gasteiger partial charge in [0.2, 0.25) is 5.91 Å². The zero-order chi connectivity index (χ0) is 20.4. The van der Waals surface area contributed by atoms with Crippen molar-refractivity contribution in [3.8, 4) is 0 Å². The lowest BCUT2D eigenvalue weighted by molar-refractivity contribution is -0.192. The van der Waals surface area contributed by atoms with E-state index in [1.807, 2.05) is 19.3 Å². The van der Waals surface area contributed by atoms with E-state index in [4.69, 9.17) is 9.90 Å². The molecule has 3 rings (SSSR count). The number of alkyl halides is 3. The van der Waals surface area contributed by atoms with Crippen LogP contribution >= 0.6 is 0 Å². The summed E-state index contributed by atoms with van der Waals surface area (Å²) in [6.07, 6.45) is -0.294. The average Bonchev–Trinajstić information content (AvgIpc) is 3.07. The Morgan fingerprint density at radius 3 is 2.15 bits per heavy atom. The van der Waals surface area contributed by atoms with E-state index in [1.54, 1.807) is 4.68 Å². The number of amides is 1. The highest BCUT2D eigenvalue weighted by Gasteiger charge is 2.42. The van der Waals surface area contributed by atoms with Gasteiger partial charge in [-0.1, -0.05) is 0 Å². The average molecular weight is 390 g/mol. The molecule has 1 amide bonds. The predicted molar refractivity (Wildman–Crippen MR) is 91.0 cm³/mol. The number of fused-ring (bicyclic) bond motifs is 2. The number of hydrogen-bond donors (Lipinski definition) is 1. The maximum absolute atomic E-state index is 12.4. The van der Waals surface area contributed by atoms with Gasteiger partial charge in [0, 0.05) is 44.5 Å². The van der Waals surface area contributed by atoms with Crippen LogP contribution in [0.25, 0.3) is 0 Å². The van der Waals surface area contributed by atoms with Crippen molar-refractivity contribution in [2.45, 2.75) is 57.4 Å². The van der Waals surface area contributed by atoms with Gasteiger partial charge in [-0.05, 0) is 32.8 Å². The molecule has 2 unspecified atom stereocenters. The third-order valence-electron chi connectivity index (χ3n) is 4.83. The van der Waals surface area contributed by atoms with Crippen LogP contribution < -0.4 is 0 Å². The number of rotatable bonds is 3. The Bertz CT molecular complexity index is 661. The van der Waals surface area contributed by atoms with Gasteiger partial charge in [0.05, 0.1) is 12.1 Å². The fraction of sp³-hybridized carbons (Fsp3) is 0.706. The number of hydrogen-bond acceptors (Lipinski definition) is 4. The van der Waals surface area contributed by atoms with Crippen molar-refractivity contribution in [1.82, 2.24) is 19.6 Å². The summed E-state index contributed by atoms with van der Waals surface area (Å²) in [7, 11) is 1.88. The molecule has 2 atom stereocenters. The monoisotopic (exact) mass is 390 g/mol. The van der Waals surface area contributed by atoms with E-state index in [0.29, 0.717) is 24.5 Å². The predicted octanol–water partition coefficient (Wildman–Crippen LogP) is 1.68. The van der Waals surface area contributed by atoms with Crippen LogP contribution in [0.5, 0.6) is 0 Å². The number of carbonyl (C=O) groups excluding carboxylic acids is 1. The molecule has 0 aromatic carbocycles. The third-order valence-corrected chi connectivity index (χ3v) is 4.83. The molecule has 0 radical (unpaired) electrons. The fourth-order valence-corrected chi connectivity index (χ4v) is 3.81. The summed E-state index contributed by atoms with van der Waals surface area (Å²) in [5.74, 6) is -2.53. The van der Waals surface area contributed by atoms with Crippen LogP contribution in [-0.2, 0) is 23.1 Å². The Labute approximate surface area is 155 Å². The Hall–Kier alpha value is -2.10. The van der Waals surface area contributed by atoms with Crippen LogP contribution in [0, 0.1) is 0 Å². The molecule has 2 fully saturated rings. The highest BCUT2D eigenvalue weighted by atomic mass is 19.4. The van der Waals surface area contributed by atoms with E-state index in [2.05, 4.69) is 28.7 Å². The van der Waals surface area contributed by atoms with Crippen LogP contribution in [0.15, 0.2) is 12.3 Å². The van der Waals surface area contributed by atoms with Gasteiger partial charge < -0.3 is 10.0 Å². The molecule has 0 spiro atoms. The van der Waals surface area contributed by atoms with E-state index >= 15 is 0 Å². The smallest absolute Gasteiger partial charge is 0.475 e. The van der Waals surface area contributed by atoms with E-state index in [-0.39, 0.29) is 5.91 Å². The first-order valence-corrected chi connectivity index (χ1v) is 8.83.